The second-order valence-corrected chi connectivity index (χ2v) is 14.2. The fourth-order valence-electron chi connectivity index (χ4n) is 8.08. The van der Waals surface area contributed by atoms with E-state index in [1.807, 2.05) is 52.3 Å². The molecule has 2 N–H and O–H groups in total. The van der Waals surface area contributed by atoms with Gasteiger partial charge in [-0.25, -0.2) is 0 Å². The van der Waals surface area contributed by atoms with Gasteiger partial charge in [0.05, 0.1) is 60.2 Å². The number of hydrogen-bond acceptors (Lipinski definition) is 9. The van der Waals surface area contributed by atoms with Crippen molar-refractivity contribution in [3.8, 4) is 23.0 Å². The number of anilines is 2. The van der Waals surface area contributed by atoms with Crippen molar-refractivity contribution in [3.63, 3.8) is 0 Å². The number of nitrogens with one attached hydrogen (secondary N) is 2. The third kappa shape index (κ3) is 6.19. The standard InChI is InChI=1S/C43H41N5O6/c1-51-38-16-34-36(44-20-32-14-26-8-3-5-10-28(26)22-47(32)42(34)49)18-40(38)53-24-30-12-7-13-31(46-30)25-54-41-19-37-35(17-39(41)52-2)43(50)48-23-29-11-6-4-9-27(29)15-33(48)21-45-37/h3-13,16-19,32-33,44-45H,14-15,20-25H2,1-2H3/t32-,33-/m0/s1. The number of rotatable bonds is 8. The molecule has 0 fully saturated rings. The molecule has 0 saturated carbocycles. The number of nitrogens with zero attached hydrogens (tertiary/aromatic N) is 3. The number of benzene rings is 4. The lowest BCUT2D eigenvalue weighted by molar-refractivity contribution is 0.0652. The van der Waals surface area contributed by atoms with Gasteiger partial charge in [0, 0.05) is 38.3 Å². The van der Waals surface area contributed by atoms with E-state index in [-0.39, 0.29) is 37.1 Å². The first kappa shape index (κ1) is 33.6. The maximum atomic E-state index is 13.8. The number of carbonyl (C=O) groups excluding carboxylic acids is 2. The van der Waals surface area contributed by atoms with E-state index in [0.717, 1.165) is 24.2 Å². The molecule has 2 amide bonds. The summed E-state index contributed by atoms with van der Waals surface area (Å²) in [6, 6.07) is 29.7. The third-order valence-corrected chi connectivity index (χ3v) is 11.0. The molecule has 9 rings (SSSR count). The van der Waals surface area contributed by atoms with Crippen molar-refractivity contribution in [2.24, 2.45) is 0 Å². The molecule has 4 aliphatic rings. The van der Waals surface area contributed by atoms with Gasteiger partial charge in [0.1, 0.15) is 13.2 Å². The number of amides is 2. The summed E-state index contributed by atoms with van der Waals surface area (Å²) in [7, 11) is 3.15. The van der Waals surface area contributed by atoms with Crippen LogP contribution in [0.15, 0.2) is 91.0 Å². The molecule has 11 heteroatoms. The summed E-state index contributed by atoms with van der Waals surface area (Å²) in [6.45, 7) is 2.79. The zero-order chi connectivity index (χ0) is 36.8. The number of methoxy groups -OCH3 is 2. The van der Waals surface area contributed by atoms with Gasteiger partial charge < -0.3 is 39.4 Å². The van der Waals surface area contributed by atoms with Crippen LogP contribution in [0.3, 0.4) is 0 Å². The monoisotopic (exact) mass is 723 g/mol. The molecule has 5 aromatic rings. The molecule has 4 aromatic carbocycles. The van der Waals surface area contributed by atoms with Gasteiger partial charge in [-0.05, 0) is 59.4 Å². The Morgan fingerprint density at radius 3 is 1.48 bits per heavy atom. The number of fused-ring (bicyclic) bond motifs is 6. The Kier molecular flexibility index (Phi) is 8.69. The Hall–Kier alpha value is -6.23. The van der Waals surface area contributed by atoms with Gasteiger partial charge in [-0.2, -0.15) is 0 Å². The number of carbonyl (C=O) groups is 2. The van der Waals surface area contributed by atoms with E-state index in [4.69, 9.17) is 23.9 Å². The quantitative estimate of drug-likeness (QED) is 0.192. The third-order valence-electron chi connectivity index (χ3n) is 11.0. The summed E-state index contributed by atoms with van der Waals surface area (Å²) >= 11 is 0. The minimum atomic E-state index is -0.0241. The lowest BCUT2D eigenvalue weighted by Gasteiger charge is -2.35. The van der Waals surface area contributed by atoms with Gasteiger partial charge in [-0.3, -0.25) is 14.6 Å². The molecular formula is C43H41N5O6. The van der Waals surface area contributed by atoms with E-state index >= 15 is 0 Å². The Bertz CT molecular complexity index is 2120. The first-order chi connectivity index (χ1) is 26.4. The molecule has 2 atom stereocenters. The SMILES string of the molecule is COc1cc2c(cc1OCc1cccc(COc3cc4c(cc3OC)C(=O)N3Cc5ccccc5C[C@H]3CN4)n1)NC[C@@H]1Cc3ccccc3CN1C2=O. The summed E-state index contributed by atoms with van der Waals surface area (Å²) in [5.74, 6) is 1.93. The fraction of sp³-hybridized carbons (Fsp3) is 0.279. The predicted octanol–water partition coefficient (Wildman–Crippen LogP) is 6.24. The van der Waals surface area contributed by atoms with Crippen molar-refractivity contribution in [1.29, 1.82) is 0 Å². The smallest absolute Gasteiger partial charge is 0.256 e. The van der Waals surface area contributed by atoms with Crippen LogP contribution in [0.2, 0.25) is 0 Å². The van der Waals surface area contributed by atoms with E-state index < -0.39 is 0 Å². The van der Waals surface area contributed by atoms with Gasteiger partial charge in [-0.1, -0.05) is 54.6 Å². The second kappa shape index (κ2) is 14.0. The zero-order valence-electron chi connectivity index (χ0n) is 30.3. The summed E-state index contributed by atoms with van der Waals surface area (Å²) in [4.78, 5) is 36.3. The van der Waals surface area contributed by atoms with Crippen LogP contribution in [0.1, 0.15) is 54.4 Å². The minimum Gasteiger partial charge on any atom is -0.493 e. The molecule has 4 aliphatic heterocycles. The fourth-order valence-corrected chi connectivity index (χ4v) is 8.08. The molecule has 0 aliphatic carbocycles. The molecule has 274 valence electrons. The van der Waals surface area contributed by atoms with Crippen LogP contribution >= 0.6 is 0 Å². The highest BCUT2D eigenvalue weighted by atomic mass is 16.5. The van der Waals surface area contributed by atoms with Gasteiger partial charge in [-0.15, -0.1) is 0 Å². The van der Waals surface area contributed by atoms with Crippen LogP contribution in [0.4, 0.5) is 11.4 Å². The first-order valence-electron chi connectivity index (χ1n) is 18.3. The molecule has 0 unspecified atom stereocenters. The number of ether oxygens (including phenoxy) is 4. The van der Waals surface area contributed by atoms with Crippen molar-refractivity contribution in [2.45, 2.75) is 51.2 Å². The van der Waals surface area contributed by atoms with Gasteiger partial charge in [0.15, 0.2) is 23.0 Å². The highest BCUT2D eigenvalue weighted by Crippen LogP contribution is 2.39. The van der Waals surface area contributed by atoms with Gasteiger partial charge >= 0.3 is 0 Å². The second-order valence-electron chi connectivity index (χ2n) is 14.2. The van der Waals surface area contributed by atoms with Gasteiger partial charge in [0.2, 0.25) is 0 Å². The average Bonchev–Trinajstić information content (AvgIpc) is 3.42. The zero-order valence-corrected chi connectivity index (χ0v) is 30.3. The lowest BCUT2D eigenvalue weighted by Crippen LogP contribution is -2.45. The van der Waals surface area contributed by atoms with Crippen molar-refractivity contribution in [2.75, 3.05) is 37.9 Å². The van der Waals surface area contributed by atoms with Crippen LogP contribution in [-0.2, 0) is 39.1 Å². The Balaban J connectivity index is 0.881. The van der Waals surface area contributed by atoms with Crippen molar-refractivity contribution < 1.29 is 28.5 Å². The summed E-state index contributed by atoms with van der Waals surface area (Å²) in [5.41, 5.74) is 8.91. The van der Waals surface area contributed by atoms with Crippen LogP contribution in [0.25, 0.3) is 0 Å². The molecule has 0 radical (unpaired) electrons. The van der Waals surface area contributed by atoms with E-state index in [9.17, 15) is 9.59 Å². The highest BCUT2D eigenvalue weighted by Gasteiger charge is 2.36. The molecular weight excluding hydrogens is 683 g/mol. The van der Waals surface area contributed by atoms with Crippen LogP contribution in [0.5, 0.6) is 23.0 Å². The number of pyridine rings is 1. The summed E-state index contributed by atoms with van der Waals surface area (Å²) < 4.78 is 23.9. The maximum Gasteiger partial charge on any atom is 0.256 e. The van der Waals surface area contributed by atoms with Crippen LogP contribution < -0.4 is 29.6 Å². The predicted molar refractivity (Wildman–Crippen MR) is 203 cm³/mol. The maximum absolute atomic E-state index is 13.8. The summed E-state index contributed by atoms with van der Waals surface area (Å²) in [5, 5.41) is 7.00. The molecule has 1 aromatic heterocycles. The van der Waals surface area contributed by atoms with Crippen molar-refractivity contribution in [3.05, 3.63) is 136 Å². The molecule has 11 nitrogen and oxygen atoms in total. The molecule has 54 heavy (non-hydrogen) atoms. The van der Waals surface area contributed by atoms with Crippen LogP contribution in [-0.4, -0.2) is 66.0 Å². The highest BCUT2D eigenvalue weighted by molar-refractivity contribution is 6.02. The van der Waals surface area contributed by atoms with E-state index in [1.54, 1.807) is 26.4 Å². The topological polar surface area (TPSA) is 114 Å². The van der Waals surface area contributed by atoms with Crippen molar-refractivity contribution in [1.82, 2.24) is 14.8 Å². The van der Waals surface area contributed by atoms with Crippen LogP contribution in [0, 0.1) is 0 Å². The molecule has 5 heterocycles. The average molecular weight is 724 g/mol. The van der Waals surface area contributed by atoms with E-state index in [2.05, 4.69) is 47.0 Å². The number of aromatic nitrogens is 1. The Morgan fingerprint density at radius 1 is 0.593 bits per heavy atom. The Labute approximate surface area is 313 Å². The normalized spacial score (nSPS) is 18.2. The van der Waals surface area contributed by atoms with E-state index in [1.165, 1.54) is 22.3 Å². The lowest BCUT2D eigenvalue weighted by atomic mass is 9.94. The van der Waals surface area contributed by atoms with Crippen molar-refractivity contribution >= 4 is 23.2 Å². The molecule has 0 spiro atoms. The van der Waals surface area contributed by atoms with E-state index in [0.29, 0.717) is 71.7 Å². The number of hydrogen-bond donors (Lipinski definition) is 2. The largest absolute Gasteiger partial charge is 0.493 e. The van der Waals surface area contributed by atoms with Gasteiger partial charge in [0.25, 0.3) is 11.8 Å². The summed E-state index contributed by atoms with van der Waals surface area (Å²) in [6.07, 6.45) is 1.61. The molecule has 0 saturated heterocycles. The first-order valence-corrected chi connectivity index (χ1v) is 18.3. The molecule has 0 bridgehead atoms. The minimum absolute atomic E-state index is 0.0241. The Morgan fingerprint density at radius 2 is 1.04 bits per heavy atom.